The summed E-state index contributed by atoms with van der Waals surface area (Å²) in [6, 6.07) is 14.2. The van der Waals surface area contributed by atoms with Crippen LogP contribution in [0, 0.1) is 0 Å². The van der Waals surface area contributed by atoms with E-state index in [1.807, 2.05) is 24.3 Å². The SMILES string of the molecule is COc1ccc(CCNC(N)=NCc2ccccc2CN(C)C)cc1OC. The molecular formula is C21H30N4O2. The molecule has 0 aromatic heterocycles. The monoisotopic (exact) mass is 370 g/mol. The molecule has 0 aliphatic rings. The van der Waals surface area contributed by atoms with Crippen LogP contribution in [0.15, 0.2) is 47.5 Å². The molecule has 6 heteroatoms. The summed E-state index contributed by atoms with van der Waals surface area (Å²) in [7, 11) is 7.39. The third kappa shape index (κ3) is 6.49. The molecule has 27 heavy (non-hydrogen) atoms. The predicted octanol–water partition coefficient (Wildman–Crippen LogP) is 2.41. The third-order valence-corrected chi connectivity index (χ3v) is 4.19. The highest BCUT2D eigenvalue weighted by atomic mass is 16.5. The number of nitrogens with zero attached hydrogens (tertiary/aromatic N) is 2. The van der Waals surface area contributed by atoms with Gasteiger partial charge in [0.15, 0.2) is 17.5 Å². The maximum absolute atomic E-state index is 6.02. The van der Waals surface area contributed by atoms with Crippen molar-refractivity contribution < 1.29 is 9.47 Å². The molecule has 0 amide bonds. The Morgan fingerprint density at radius 3 is 2.41 bits per heavy atom. The van der Waals surface area contributed by atoms with Crippen LogP contribution in [0.25, 0.3) is 0 Å². The van der Waals surface area contributed by atoms with E-state index in [0.29, 0.717) is 19.0 Å². The number of nitrogens with two attached hydrogens (primary N) is 1. The fourth-order valence-corrected chi connectivity index (χ4v) is 2.80. The number of aliphatic imine (C=N–C) groups is 1. The maximum atomic E-state index is 6.02. The van der Waals surface area contributed by atoms with Gasteiger partial charge in [-0.05, 0) is 49.3 Å². The van der Waals surface area contributed by atoms with Gasteiger partial charge in [-0.1, -0.05) is 30.3 Å². The Labute approximate surface area is 162 Å². The molecular weight excluding hydrogens is 340 g/mol. The van der Waals surface area contributed by atoms with Crippen LogP contribution < -0.4 is 20.5 Å². The average molecular weight is 370 g/mol. The number of benzene rings is 2. The topological polar surface area (TPSA) is 72.1 Å². The number of guanidine groups is 1. The lowest BCUT2D eigenvalue weighted by Crippen LogP contribution is -2.33. The number of rotatable bonds is 9. The summed E-state index contributed by atoms with van der Waals surface area (Å²) in [5.74, 6) is 1.91. The minimum atomic E-state index is 0.454. The minimum absolute atomic E-state index is 0.454. The molecule has 146 valence electrons. The standard InChI is InChI=1S/C21H30N4O2/c1-25(2)15-18-8-6-5-7-17(18)14-24-21(22)23-12-11-16-9-10-19(26-3)20(13-16)27-4/h5-10,13H,11-12,14-15H2,1-4H3,(H3,22,23,24). The first-order chi connectivity index (χ1) is 13.0. The van der Waals surface area contributed by atoms with E-state index in [1.165, 1.54) is 11.1 Å². The molecule has 0 bridgehead atoms. The van der Waals surface area contributed by atoms with Crippen molar-refractivity contribution in [1.29, 1.82) is 0 Å². The van der Waals surface area contributed by atoms with E-state index in [2.05, 4.69) is 47.5 Å². The first-order valence-corrected chi connectivity index (χ1v) is 8.99. The predicted molar refractivity (Wildman–Crippen MR) is 110 cm³/mol. The molecule has 0 aliphatic carbocycles. The highest BCUT2D eigenvalue weighted by Gasteiger charge is 2.05. The van der Waals surface area contributed by atoms with Crippen LogP contribution in [0.1, 0.15) is 16.7 Å². The molecule has 0 aliphatic heterocycles. The summed E-state index contributed by atoms with van der Waals surface area (Å²) >= 11 is 0. The Kier molecular flexibility index (Phi) is 7.95. The van der Waals surface area contributed by atoms with Crippen molar-refractivity contribution >= 4 is 5.96 Å². The molecule has 6 nitrogen and oxygen atoms in total. The van der Waals surface area contributed by atoms with Gasteiger partial charge in [-0.2, -0.15) is 0 Å². The van der Waals surface area contributed by atoms with Crippen LogP contribution in [0.5, 0.6) is 11.5 Å². The average Bonchev–Trinajstić information content (AvgIpc) is 2.66. The number of ether oxygens (including phenoxy) is 2. The van der Waals surface area contributed by atoms with E-state index < -0.39 is 0 Å². The van der Waals surface area contributed by atoms with E-state index >= 15 is 0 Å². The highest BCUT2D eigenvalue weighted by molar-refractivity contribution is 5.77. The van der Waals surface area contributed by atoms with Gasteiger partial charge in [0.1, 0.15) is 0 Å². The summed E-state index contributed by atoms with van der Waals surface area (Å²) in [6.45, 7) is 2.15. The quantitative estimate of drug-likeness (QED) is 0.524. The number of hydrogen-bond donors (Lipinski definition) is 2. The Bertz CT molecular complexity index is 760. The molecule has 0 spiro atoms. The van der Waals surface area contributed by atoms with Crippen LogP contribution in [0.3, 0.4) is 0 Å². The van der Waals surface area contributed by atoms with Crippen LogP contribution in [-0.4, -0.2) is 45.7 Å². The molecule has 2 aromatic rings. The van der Waals surface area contributed by atoms with Gasteiger partial charge in [0.2, 0.25) is 0 Å². The van der Waals surface area contributed by atoms with Gasteiger partial charge in [-0.25, -0.2) is 4.99 Å². The van der Waals surface area contributed by atoms with E-state index in [-0.39, 0.29) is 0 Å². The Balaban J connectivity index is 1.88. The third-order valence-electron chi connectivity index (χ3n) is 4.19. The molecule has 2 rings (SSSR count). The lowest BCUT2D eigenvalue weighted by molar-refractivity contribution is 0.354. The lowest BCUT2D eigenvalue weighted by atomic mass is 10.1. The van der Waals surface area contributed by atoms with Gasteiger partial charge in [-0.15, -0.1) is 0 Å². The normalized spacial score (nSPS) is 11.5. The zero-order valence-corrected chi connectivity index (χ0v) is 16.7. The molecule has 0 unspecified atom stereocenters. The summed E-state index contributed by atoms with van der Waals surface area (Å²) in [6.07, 6.45) is 0.813. The molecule has 0 heterocycles. The van der Waals surface area contributed by atoms with Gasteiger partial charge in [0.05, 0.1) is 20.8 Å². The Morgan fingerprint density at radius 1 is 1.04 bits per heavy atom. The van der Waals surface area contributed by atoms with Crippen LogP contribution in [0.4, 0.5) is 0 Å². The maximum Gasteiger partial charge on any atom is 0.188 e. The molecule has 0 fully saturated rings. The second kappa shape index (κ2) is 10.4. The number of hydrogen-bond acceptors (Lipinski definition) is 4. The molecule has 0 saturated carbocycles. The highest BCUT2D eigenvalue weighted by Crippen LogP contribution is 2.27. The summed E-state index contributed by atoms with van der Waals surface area (Å²) < 4.78 is 10.6. The van der Waals surface area contributed by atoms with Gasteiger partial charge in [0.25, 0.3) is 0 Å². The van der Waals surface area contributed by atoms with Crippen molar-refractivity contribution in [2.24, 2.45) is 10.7 Å². The Hall–Kier alpha value is -2.73. The second-order valence-electron chi connectivity index (χ2n) is 6.57. The van der Waals surface area contributed by atoms with Crippen molar-refractivity contribution in [1.82, 2.24) is 10.2 Å². The summed E-state index contributed by atoms with van der Waals surface area (Å²) in [5, 5.41) is 3.17. The van der Waals surface area contributed by atoms with E-state index in [4.69, 9.17) is 15.2 Å². The van der Waals surface area contributed by atoms with Crippen LogP contribution >= 0.6 is 0 Å². The summed E-state index contributed by atoms with van der Waals surface area (Å²) in [5.41, 5.74) is 9.62. The zero-order valence-electron chi connectivity index (χ0n) is 16.7. The number of methoxy groups -OCH3 is 2. The molecule has 0 saturated heterocycles. The van der Waals surface area contributed by atoms with Crippen molar-refractivity contribution in [2.75, 3.05) is 34.9 Å². The van der Waals surface area contributed by atoms with Crippen molar-refractivity contribution in [3.63, 3.8) is 0 Å². The van der Waals surface area contributed by atoms with E-state index in [9.17, 15) is 0 Å². The first-order valence-electron chi connectivity index (χ1n) is 8.99. The van der Waals surface area contributed by atoms with Crippen molar-refractivity contribution in [3.05, 3.63) is 59.2 Å². The zero-order chi connectivity index (χ0) is 19.6. The Morgan fingerprint density at radius 2 is 1.74 bits per heavy atom. The number of nitrogens with one attached hydrogen (secondary N) is 1. The minimum Gasteiger partial charge on any atom is -0.493 e. The summed E-state index contributed by atoms with van der Waals surface area (Å²) in [4.78, 5) is 6.62. The largest absolute Gasteiger partial charge is 0.493 e. The fourth-order valence-electron chi connectivity index (χ4n) is 2.80. The van der Waals surface area contributed by atoms with Gasteiger partial charge < -0.3 is 25.4 Å². The molecule has 2 aromatic carbocycles. The van der Waals surface area contributed by atoms with E-state index in [0.717, 1.165) is 30.0 Å². The molecule has 3 N–H and O–H groups in total. The first kappa shape index (κ1) is 20.6. The van der Waals surface area contributed by atoms with Crippen molar-refractivity contribution in [2.45, 2.75) is 19.5 Å². The molecule has 0 radical (unpaired) electrons. The smallest absolute Gasteiger partial charge is 0.188 e. The van der Waals surface area contributed by atoms with Crippen LogP contribution in [-0.2, 0) is 19.5 Å². The van der Waals surface area contributed by atoms with Crippen LogP contribution in [0.2, 0.25) is 0 Å². The van der Waals surface area contributed by atoms with Gasteiger partial charge in [-0.3, -0.25) is 0 Å². The van der Waals surface area contributed by atoms with Gasteiger partial charge in [0, 0.05) is 13.1 Å². The van der Waals surface area contributed by atoms with Crippen molar-refractivity contribution in [3.8, 4) is 11.5 Å². The fraction of sp³-hybridized carbons (Fsp3) is 0.381. The van der Waals surface area contributed by atoms with E-state index in [1.54, 1.807) is 14.2 Å². The lowest BCUT2D eigenvalue weighted by Gasteiger charge is -2.13. The second-order valence-corrected chi connectivity index (χ2v) is 6.57. The molecule has 0 atom stereocenters. The van der Waals surface area contributed by atoms with Gasteiger partial charge >= 0.3 is 0 Å².